The van der Waals surface area contributed by atoms with Crippen molar-refractivity contribution in [3.63, 3.8) is 0 Å². The average Bonchev–Trinajstić information content (AvgIpc) is 2.65. The first kappa shape index (κ1) is 16.6. The van der Waals surface area contributed by atoms with Crippen LogP contribution < -0.4 is 15.9 Å². The normalized spacial score (nSPS) is 11.9. The van der Waals surface area contributed by atoms with E-state index in [1.165, 1.54) is 0 Å². The molecule has 0 spiro atoms. The number of hydrogen-bond acceptors (Lipinski definition) is 2. The zero-order valence-electron chi connectivity index (χ0n) is 14.0. The second-order valence-corrected chi connectivity index (χ2v) is 6.08. The molecule has 0 atom stereocenters. The SMILES string of the molecule is O=c1[n-]/c(=C\c2ccc3ccccc3n2)c2cccc3cccc1c32.[Zn]. The Morgan fingerprint density at radius 1 is 0.769 bits per heavy atom. The van der Waals surface area contributed by atoms with Crippen LogP contribution in [0.15, 0.2) is 77.6 Å². The molecule has 0 N–H and O–H groups in total. The largest absolute Gasteiger partial charge is 0.622 e. The Bertz CT molecular complexity index is 1370. The minimum Gasteiger partial charge on any atom is -0.622 e. The van der Waals surface area contributed by atoms with Crippen LogP contribution in [-0.2, 0) is 19.5 Å². The van der Waals surface area contributed by atoms with Crippen molar-refractivity contribution in [3.8, 4) is 0 Å². The summed E-state index contributed by atoms with van der Waals surface area (Å²) in [6.45, 7) is 0. The predicted octanol–water partition coefficient (Wildman–Crippen LogP) is 3.40. The van der Waals surface area contributed by atoms with E-state index in [9.17, 15) is 4.79 Å². The Balaban J connectivity index is 0.00000168. The third-order valence-corrected chi connectivity index (χ3v) is 4.54. The van der Waals surface area contributed by atoms with Gasteiger partial charge in [0.2, 0.25) is 0 Å². The van der Waals surface area contributed by atoms with Crippen LogP contribution in [0.4, 0.5) is 0 Å². The van der Waals surface area contributed by atoms with Gasteiger partial charge in [-0.25, -0.2) is 4.98 Å². The van der Waals surface area contributed by atoms with Crippen molar-refractivity contribution in [1.82, 2.24) is 9.97 Å². The van der Waals surface area contributed by atoms with Crippen LogP contribution in [0.3, 0.4) is 0 Å². The molecule has 0 aliphatic rings. The molecule has 4 heteroatoms. The van der Waals surface area contributed by atoms with E-state index in [0.717, 1.165) is 32.8 Å². The molecule has 0 saturated heterocycles. The fourth-order valence-electron chi connectivity index (χ4n) is 3.37. The van der Waals surface area contributed by atoms with Crippen molar-refractivity contribution in [2.24, 2.45) is 0 Å². The van der Waals surface area contributed by atoms with Gasteiger partial charge in [-0.15, -0.1) is 5.35 Å². The molecule has 2 heterocycles. The second kappa shape index (κ2) is 6.47. The predicted molar refractivity (Wildman–Crippen MR) is 102 cm³/mol. The summed E-state index contributed by atoms with van der Waals surface area (Å²) in [6.07, 6.45) is 1.88. The Morgan fingerprint density at radius 3 is 2.35 bits per heavy atom. The monoisotopic (exact) mass is 385 g/mol. The molecule has 0 aliphatic carbocycles. The Labute approximate surface area is 162 Å². The van der Waals surface area contributed by atoms with E-state index in [4.69, 9.17) is 0 Å². The van der Waals surface area contributed by atoms with Crippen LogP contribution in [-0.4, -0.2) is 4.98 Å². The van der Waals surface area contributed by atoms with Crippen molar-refractivity contribution in [2.75, 3.05) is 0 Å². The maximum atomic E-state index is 12.5. The molecule has 0 amide bonds. The van der Waals surface area contributed by atoms with E-state index >= 15 is 0 Å². The van der Waals surface area contributed by atoms with Gasteiger partial charge in [0.1, 0.15) is 0 Å². The minimum absolute atomic E-state index is 0. The molecule has 5 aromatic rings. The third kappa shape index (κ3) is 2.63. The summed E-state index contributed by atoms with van der Waals surface area (Å²) < 4.78 is 0. The molecular formula is C22H13N2OZn-. The van der Waals surface area contributed by atoms with Gasteiger partial charge in [0.15, 0.2) is 0 Å². The van der Waals surface area contributed by atoms with Crippen LogP contribution in [0, 0.1) is 0 Å². The molecule has 0 fully saturated rings. The fourth-order valence-corrected chi connectivity index (χ4v) is 3.37. The fraction of sp³-hybridized carbons (Fsp3) is 0. The first-order chi connectivity index (χ1) is 12.3. The first-order valence-electron chi connectivity index (χ1n) is 8.15. The van der Waals surface area contributed by atoms with Crippen molar-refractivity contribution >= 4 is 38.5 Å². The smallest absolute Gasteiger partial charge is 0.0860 e. The van der Waals surface area contributed by atoms with E-state index in [1.54, 1.807) is 0 Å². The Morgan fingerprint density at radius 2 is 1.50 bits per heavy atom. The molecule has 0 bridgehead atoms. The molecule has 2 aromatic heterocycles. The van der Waals surface area contributed by atoms with Crippen LogP contribution in [0.2, 0.25) is 0 Å². The number of pyridine rings is 2. The molecular weight excluding hydrogens is 374 g/mol. The van der Waals surface area contributed by atoms with Gasteiger partial charge in [-0.2, -0.15) is 0 Å². The molecule has 0 unspecified atom stereocenters. The molecule has 0 radical (unpaired) electrons. The minimum atomic E-state index is -0.198. The van der Waals surface area contributed by atoms with Crippen LogP contribution in [0.25, 0.3) is 38.5 Å². The number of aromatic nitrogens is 2. The average molecular weight is 387 g/mol. The number of para-hydroxylation sites is 1. The summed E-state index contributed by atoms with van der Waals surface area (Å²) in [7, 11) is 0. The van der Waals surface area contributed by atoms with Gasteiger partial charge in [0.05, 0.1) is 16.8 Å². The van der Waals surface area contributed by atoms with Gasteiger partial charge >= 0.3 is 0 Å². The number of nitrogens with zero attached hydrogens (tertiary/aromatic N) is 2. The van der Waals surface area contributed by atoms with E-state index in [2.05, 4.69) is 9.97 Å². The summed E-state index contributed by atoms with van der Waals surface area (Å²) in [4.78, 5) is 21.4. The number of rotatable bonds is 1. The van der Waals surface area contributed by atoms with Gasteiger partial charge in [-0.3, -0.25) is 0 Å². The second-order valence-electron chi connectivity index (χ2n) is 6.08. The summed E-state index contributed by atoms with van der Waals surface area (Å²) in [5, 5.41) is 5.41. The van der Waals surface area contributed by atoms with E-state index in [0.29, 0.717) is 10.7 Å². The van der Waals surface area contributed by atoms with Crippen molar-refractivity contribution in [3.05, 3.63) is 94.2 Å². The molecule has 26 heavy (non-hydrogen) atoms. The van der Waals surface area contributed by atoms with E-state index in [-0.39, 0.29) is 25.0 Å². The van der Waals surface area contributed by atoms with Gasteiger partial charge in [0.25, 0.3) is 0 Å². The summed E-state index contributed by atoms with van der Waals surface area (Å²) in [5.74, 6) is 0. The quantitative estimate of drug-likeness (QED) is 0.415. The van der Waals surface area contributed by atoms with E-state index in [1.807, 2.05) is 78.9 Å². The van der Waals surface area contributed by atoms with Gasteiger partial charge < -0.3 is 9.78 Å². The van der Waals surface area contributed by atoms with Crippen molar-refractivity contribution in [2.45, 2.75) is 0 Å². The zero-order chi connectivity index (χ0) is 16.8. The number of hydrogen-bond donors (Lipinski definition) is 0. The summed E-state index contributed by atoms with van der Waals surface area (Å²) >= 11 is 0. The van der Waals surface area contributed by atoms with Crippen LogP contribution >= 0.6 is 0 Å². The summed E-state index contributed by atoms with van der Waals surface area (Å²) in [5.41, 5.74) is 1.52. The molecule has 0 saturated carbocycles. The Hall–Kier alpha value is -2.84. The van der Waals surface area contributed by atoms with Gasteiger partial charge in [-0.05, 0) is 28.3 Å². The molecule has 120 valence electrons. The number of fused-ring (bicyclic) bond motifs is 1. The number of benzene rings is 3. The van der Waals surface area contributed by atoms with E-state index < -0.39 is 0 Å². The molecule has 3 nitrogen and oxygen atoms in total. The third-order valence-electron chi connectivity index (χ3n) is 4.54. The zero-order valence-corrected chi connectivity index (χ0v) is 17.0. The molecule has 0 aliphatic heterocycles. The maximum absolute atomic E-state index is 12.5. The maximum Gasteiger partial charge on any atom is 0.0860 e. The summed E-state index contributed by atoms with van der Waals surface area (Å²) in [6, 6.07) is 23.7. The topological polar surface area (TPSA) is 44.1 Å². The van der Waals surface area contributed by atoms with Gasteiger partial charge in [0, 0.05) is 30.3 Å². The van der Waals surface area contributed by atoms with Crippen LogP contribution in [0.1, 0.15) is 5.69 Å². The first-order valence-corrected chi connectivity index (χ1v) is 8.15. The molecule has 3 aromatic carbocycles. The van der Waals surface area contributed by atoms with Gasteiger partial charge in [-0.1, -0.05) is 66.7 Å². The van der Waals surface area contributed by atoms with Crippen LogP contribution in [0.5, 0.6) is 0 Å². The van der Waals surface area contributed by atoms with Crippen molar-refractivity contribution < 1.29 is 19.5 Å². The Kier molecular flexibility index (Phi) is 4.14. The molecule has 5 rings (SSSR count). The van der Waals surface area contributed by atoms with Crippen molar-refractivity contribution in [1.29, 1.82) is 0 Å². The standard InChI is InChI=1S/C22H14N2O.Zn/c25-22-18-9-4-7-15-6-3-8-17(21(15)18)20(24-22)13-16-12-11-14-5-1-2-10-19(14)23-16;/h1-13H,(H,23,24,25);/p-1.